The number of aromatic nitrogens is 2. The highest BCUT2D eigenvalue weighted by molar-refractivity contribution is 6.42. The van der Waals surface area contributed by atoms with Crippen molar-refractivity contribution in [3.63, 3.8) is 0 Å². The Balaban J connectivity index is 1.91. The van der Waals surface area contributed by atoms with Crippen molar-refractivity contribution < 1.29 is 14.6 Å². The Bertz CT molecular complexity index is 778. The number of aromatic carboxylic acids is 1. The number of halogens is 2. The quantitative estimate of drug-likeness (QED) is 0.848. The number of carbonyl (C=O) groups is 1. The molecule has 0 spiro atoms. The van der Waals surface area contributed by atoms with Crippen LogP contribution in [-0.2, 0) is 18.2 Å². The minimum absolute atomic E-state index is 0.0211. The third-order valence-electron chi connectivity index (χ3n) is 4.27. The molecule has 2 aromatic rings. The zero-order chi connectivity index (χ0) is 18.0. The number of nitrogens with one attached hydrogen (secondary N) is 1. The van der Waals surface area contributed by atoms with E-state index in [2.05, 4.69) is 10.4 Å². The lowest BCUT2D eigenvalue weighted by molar-refractivity contribution is 0.0302. The highest BCUT2D eigenvalue weighted by Crippen LogP contribution is 2.33. The van der Waals surface area contributed by atoms with Crippen molar-refractivity contribution in [3.8, 4) is 0 Å². The normalized spacial score (nSPS) is 21.1. The molecular formula is C17H19Cl2N3O3. The van der Waals surface area contributed by atoms with Crippen LogP contribution in [0.3, 0.4) is 0 Å². The van der Waals surface area contributed by atoms with Crippen LogP contribution in [0.5, 0.6) is 0 Å². The Hall–Kier alpha value is -1.60. The topological polar surface area (TPSA) is 76.4 Å². The lowest BCUT2D eigenvalue weighted by Gasteiger charge is -2.25. The van der Waals surface area contributed by atoms with E-state index in [1.54, 1.807) is 13.1 Å². The SMILES string of the molecule is Cn1cc(C(=O)O)c(CC2CNCCOC2c2ccc(Cl)c(Cl)c2)n1. The molecule has 134 valence electrons. The highest BCUT2D eigenvalue weighted by atomic mass is 35.5. The van der Waals surface area contributed by atoms with Crippen LogP contribution in [0.2, 0.25) is 10.0 Å². The van der Waals surface area contributed by atoms with E-state index in [-0.39, 0.29) is 17.6 Å². The van der Waals surface area contributed by atoms with Gasteiger partial charge in [0.05, 0.1) is 28.5 Å². The van der Waals surface area contributed by atoms with E-state index >= 15 is 0 Å². The fraction of sp³-hybridized carbons (Fsp3) is 0.412. The molecule has 1 aromatic carbocycles. The average Bonchev–Trinajstić information content (AvgIpc) is 2.78. The van der Waals surface area contributed by atoms with Gasteiger partial charge in [-0.1, -0.05) is 29.3 Å². The predicted octanol–water partition coefficient (Wildman–Crippen LogP) is 2.94. The van der Waals surface area contributed by atoms with Crippen molar-refractivity contribution in [2.45, 2.75) is 12.5 Å². The molecule has 1 aliphatic rings. The van der Waals surface area contributed by atoms with Gasteiger partial charge in [-0.2, -0.15) is 5.10 Å². The lowest BCUT2D eigenvalue weighted by Crippen LogP contribution is -2.27. The first kappa shape index (κ1) is 18.2. The van der Waals surface area contributed by atoms with E-state index in [4.69, 9.17) is 27.9 Å². The summed E-state index contributed by atoms with van der Waals surface area (Å²) in [5.74, 6) is -0.954. The van der Waals surface area contributed by atoms with Crippen molar-refractivity contribution in [3.05, 3.63) is 51.3 Å². The van der Waals surface area contributed by atoms with Gasteiger partial charge in [-0.15, -0.1) is 0 Å². The summed E-state index contributed by atoms with van der Waals surface area (Å²) < 4.78 is 7.56. The maximum atomic E-state index is 11.4. The molecule has 6 nitrogen and oxygen atoms in total. The first-order valence-electron chi connectivity index (χ1n) is 7.98. The number of nitrogens with zero attached hydrogens (tertiary/aromatic N) is 2. The minimum atomic E-state index is -0.975. The van der Waals surface area contributed by atoms with Crippen molar-refractivity contribution >= 4 is 29.2 Å². The monoisotopic (exact) mass is 383 g/mol. The van der Waals surface area contributed by atoms with Gasteiger partial charge in [0.15, 0.2) is 0 Å². The van der Waals surface area contributed by atoms with Gasteiger partial charge in [-0.3, -0.25) is 4.68 Å². The maximum Gasteiger partial charge on any atom is 0.339 e. The molecule has 1 fully saturated rings. The van der Waals surface area contributed by atoms with Gasteiger partial charge in [-0.05, 0) is 24.1 Å². The number of benzene rings is 1. The van der Waals surface area contributed by atoms with Crippen LogP contribution in [0.15, 0.2) is 24.4 Å². The van der Waals surface area contributed by atoms with Gasteiger partial charge in [0.2, 0.25) is 0 Å². The minimum Gasteiger partial charge on any atom is -0.478 e. The Morgan fingerprint density at radius 1 is 1.44 bits per heavy atom. The molecule has 0 aliphatic carbocycles. The second-order valence-corrected chi connectivity index (χ2v) is 6.92. The van der Waals surface area contributed by atoms with Crippen LogP contribution in [0.1, 0.15) is 27.7 Å². The summed E-state index contributed by atoms with van der Waals surface area (Å²) in [6.07, 6.45) is 1.80. The van der Waals surface area contributed by atoms with E-state index in [1.807, 2.05) is 12.1 Å². The van der Waals surface area contributed by atoms with Gasteiger partial charge in [0.1, 0.15) is 5.56 Å². The fourth-order valence-electron chi connectivity index (χ4n) is 3.14. The Morgan fingerprint density at radius 2 is 2.24 bits per heavy atom. The molecule has 1 aliphatic heterocycles. The summed E-state index contributed by atoms with van der Waals surface area (Å²) >= 11 is 12.2. The number of carboxylic acid groups (broad SMARTS) is 1. The number of ether oxygens (including phenoxy) is 1. The van der Waals surface area contributed by atoms with Gasteiger partial charge >= 0.3 is 5.97 Å². The molecule has 2 heterocycles. The Labute approximate surface area is 155 Å². The zero-order valence-corrected chi connectivity index (χ0v) is 15.2. The molecule has 1 saturated heterocycles. The number of aryl methyl sites for hydroxylation is 1. The van der Waals surface area contributed by atoms with Crippen LogP contribution in [-0.4, -0.2) is 40.6 Å². The third kappa shape index (κ3) is 4.15. The summed E-state index contributed by atoms with van der Waals surface area (Å²) in [7, 11) is 1.72. The summed E-state index contributed by atoms with van der Waals surface area (Å²) in [6.45, 7) is 2.00. The highest BCUT2D eigenvalue weighted by Gasteiger charge is 2.29. The van der Waals surface area contributed by atoms with Crippen molar-refractivity contribution in [1.82, 2.24) is 15.1 Å². The molecule has 0 bridgehead atoms. The summed E-state index contributed by atoms with van der Waals surface area (Å²) in [6, 6.07) is 5.46. The average molecular weight is 384 g/mol. The lowest BCUT2D eigenvalue weighted by atomic mass is 9.90. The summed E-state index contributed by atoms with van der Waals surface area (Å²) in [5, 5.41) is 18.0. The predicted molar refractivity (Wildman–Crippen MR) is 95.4 cm³/mol. The van der Waals surface area contributed by atoms with Crippen LogP contribution >= 0.6 is 23.2 Å². The van der Waals surface area contributed by atoms with Crippen molar-refractivity contribution in [1.29, 1.82) is 0 Å². The van der Waals surface area contributed by atoms with Crippen molar-refractivity contribution in [2.75, 3.05) is 19.7 Å². The van der Waals surface area contributed by atoms with Gasteiger partial charge < -0.3 is 15.2 Å². The van der Waals surface area contributed by atoms with Gasteiger partial charge in [-0.25, -0.2) is 4.79 Å². The zero-order valence-electron chi connectivity index (χ0n) is 13.7. The van der Waals surface area contributed by atoms with E-state index in [0.29, 0.717) is 35.3 Å². The molecule has 2 unspecified atom stereocenters. The first-order valence-corrected chi connectivity index (χ1v) is 8.74. The molecule has 8 heteroatoms. The number of rotatable bonds is 4. The van der Waals surface area contributed by atoms with Crippen molar-refractivity contribution in [2.24, 2.45) is 13.0 Å². The largest absolute Gasteiger partial charge is 0.478 e. The molecule has 25 heavy (non-hydrogen) atoms. The van der Waals surface area contributed by atoms with E-state index < -0.39 is 5.97 Å². The maximum absolute atomic E-state index is 11.4. The van der Waals surface area contributed by atoms with E-state index in [0.717, 1.165) is 12.1 Å². The second-order valence-electron chi connectivity index (χ2n) is 6.10. The Kier molecular flexibility index (Phi) is 5.64. The van der Waals surface area contributed by atoms with Gasteiger partial charge in [0, 0.05) is 32.3 Å². The van der Waals surface area contributed by atoms with Crippen LogP contribution in [0.25, 0.3) is 0 Å². The van der Waals surface area contributed by atoms with Crippen LogP contribution in [0.4, 0.5) is 0 Å². The molecule has 0 amide bonds. The molecule has 0 saturated carbocycles. The summed E-state index contributed by atoms with van der Waals surface area (Å²) in [4.78, 5) is 11.4. The van der Waals surface area contributed by atoms with E-state index in [9.17, 15) is 9.90 Å². The fourth-order valence-corrected chi connectivity index (χ4v) is 3.44. The molecule has 3 rings (SSSR count). The number of carboxylic acids is 1. The standard InChI is InChI=1S/C17H19Cl2N3O3/c1-22-9-12(17(23)24)15(21-22)7-11-8-20-4-5-25-16(11)10-2-3-13(18)14(19)6-10/h2-3,6,9,11,16,20H,4-5,7-8H2,1H3,(H,23,24). The summed E-state index contributed by atoms with van der Waals surface area (Å²) in [5.41, 5.74) is 1.70. The molecule has 2 N–H and O–H groups in total. The van der Waals surface area contributed by atoms with Crippen LogP contribution in [0, 0.1) is 5.92 Å². The molecule has 1 aromatic heterocycles. The Morgan fingerprint density at radius 3 is 2.96 bits per heavy atom. The third-order valence-corrected chi connectivity index (χ3v) is 5.01. The first-order chi connectivity index (χ1) is 12.0. The number of hydrogen-bond acceptors (Lipinski definition) is 4. The smallest absolute Gasteiger partial charge is 0.339 e. The molecule has 0 radical (unpaired) electrons. The van der Waals surface area contributed by atoms with Crippen LogP contribution < -0.4 is 5.32 Å². The van der Waals surface area contributed by atoms with Gasteiger partial charge in [0.25, 0.3) is 0 Å². The number of hydrogen-bond donors (Lipinski definition) is 2. The molecular weight excluding hydrogens is 365 g/mol. The second kappa shape index (κ2) is 7.74. The molecule has 2 atom stereocenters. The van der Waals surface area contributed by atoms with E-state index in [1.165, 1.54) is 10.9 Å².